The summed E-state index contributed by atoms with van der Waals surface area (Å²) in [5.41, 5.74) is 0.293. The number of ether oxygens (including phenoxy) is 1. The predicted molar refractivity (Wildman–Crippen MR) is 81.5 cm³/mol. The van der Waals surface area contributed by atoms with E-state index in [4.69, 9.17) is 4.74 Å². The van der Waals surface area contributed by atoms with Gasteiger partial charge in [0, 0.05) is 62.7 Å². The molecule has 17 heavy (non-hydrogen) atoms. The van der Waals surface area contributed by atoms with Crippen molar-refractivity contribution in [3.63, 3.8) is 0 Å². The van der Waals surface area contributed by atoms with E-state index in [1.807, 2.05) is 7.11 Å². The smallest absolute Gasteiger partial charge is 0.0628 e. The molecule has 1 heterocycles. The van der Waals surface area contributed by atoms with Crippen molar-refractivity contribution in [2.45, 2.75) is 39.7 Å². The fraction of sp³-hybridized carbons (Fsp3) is 1.00. The minimum Gasteiger partial charge on any atom is -0.379 e. The zero-order valence-corrected chi connectivity index (χ0v) is 14.1. The highest BCUT2D eigenvalue weighted by atomic mass is 127. The molecule has 0 aromatic heterocycles. The van der Waals surface area contributed by atoms with Gasteiger partial charge in [-0.25, -0.2) is 3.11 Å². The number of halogens is 1. The van der Waals surface area contributed by atoms with E-state index in [-0.39, 0.29) is 5.60 Å². The van der Waals surface area contributed by atoms with Gasteiger partial charge in [0.1, 0.15) is 0 Å². The molecule has 0 atom stereocenters. The Morgan fingerprint density at radius 2 is 1.59 bits per heavy atom. The molecule has 102 valence electrons. The second kappa shape index (κ2) is 6.17. The van der Waals surface area contributed by atoms with E-state index in [0.717, 1.165) is 6.42 Å². The lowest BCUT2D eigenvalue weighted by molar-refractivity contribution is -0.0215. The number of nitrogens with zero attached hydrogens (tertiary/aromatic N) is 2. The zero-order chi connectivity index (χ0) is 13.1. The van der Waals surface area contributed by atoms with E-state index >= 15 is 0 Å². The molecule has 0 bridgehead atoms. The molecule has 0 saturated carbocycles. The summed E-state index contributed by atoms with van der Waals surface area (Å²) in [6.07, 6.45) is 1.10. The topological polar surface area (TPSA) is 15.7 Å². The summed E-state index contributed by atoms with van der Waals surface area (Å²) in [5.74, 6) is 0. The second-order valence-corrected chi connectivity index (χ2v) is 7.86. The van der Waals surface area contributed by atoms with Crippen LogP contribution in [0, 0.1) is 5.41 Å². The van der Waals surface area contributed by atoms with Crippen molar-refractivity contribution >= 4 is 22.9 Å². The van der Waals surface area contributed by atoms with Gasteiger partial charge in [-0.15, -0.1) is 0 Å². The van der Waals surface area contributed by atoms with E-state index in [1.54, 1.807) is 0 Å². The maximum absolute atomic E-state index is 5.55. The Balaban J connectivity index is 2.43. The first-order valence-electron chi connectivity index (χ1n) is 6.42. The monoisotopic (exact) mass is 354 g/mol. The van der Waals surface area contributed by atoms with Crippen LogP contribution >= 0.6 is 22.9 Å². The van der Waals surface area contributed by atoms with Gasteiger partial charge >= 0.3 is 0 Å². The molecule has 0 spiro atoms. The quantitative estimate of drug-likeness (QED) is 0.558. The van der Waals surface area contributed by atoms with Crippen LogP contribution in [0.5, 0.6) is 0 Å². The summed E-state index contributed by atoms with van der Waals surface area (Å²) in [6.45, 7) is 15.0. The Morgan fingerprint density at radius 3 is 2.06 bits per heavy atom. The highest BCUT2D eigenvalue weighted by molar-refractivity contribution is 14.1. The summed E-state index contributed by atoms with van der Waals surface area (Å²) in [5, 5.41) is 0. The van der Waals surface area contributed by atoms with Crippen LogP contribution in [0.25, 0.3) is 0 Å². The van der Waals surface area contributed by atoms with Crippen LogP contribution in [0.2, 0.25) is 0 Å². The zero-order valence-electron chi connectivity index (χ0n) is 11.9. The van der Waals surface area contributed by atoms with Gasteiger partial charge in [0.25, 0.3) is 0 Å². The molecule has 1 saturated heterocycles. The van der Waals surface area contributed by atoms with Crippen molar-refractivity contribution in [2.24, 2.45) is 5.41 Å². The molecule has 3 nitrogen and oxygen atoms in total. The largest absolute Gasteiger partial charge is 0.379 e. The first kappa shape index (κ1) is 15.7. The molecule has 1 rings (SSSR count). The van der Waals surface area contributed by atoms with E-state index in [2.05, 4.69) is 58.6 Å². The average molecular weight is 354 g/mol. The molecular formula is C13H27IN2O. The van der Waals surface area contributed by atoms with E-state index < -0.39 is 0 Å². The fourth-order valence-electron chi connectivity index (χ4n) is 2.77. The molecule has 0 aliphatic carbocycles. The van der Waals surface area contributed by atoms with Gasteiger partial charge in [-0.05, 0) is 25.7 Å². The molecule has 0 radical (unpaired) electrons. The van der Waals surface area contributed by atoms with Crippen LogP contribution in [-0.2, 0) is 4.74 Å². The van der Waals surface area contributed by atoms with Gasteiger partial charge in [-0.3, -0.25) is 0 Å². The molecule has 1 fully saturated rings. The third-order valence-corrected chi connectivity index (χ3v) is 4.39. The van der Waals surface area contributed by atoms with E-state index in [0.29, 0.717) is 5.41 Å². The van der Waals surface area contributed by atoms with Gasteiger partial charge in [0.05, 0.1) is 5.60 Å². The van der Waals surface area contributed by atoms with Crippen LogP contribution in [0.4, 0.5) is 0 Å². The molecule has 1 aliphatic heterocycles. The Kier molecular flexibility index (Phi) is 5.69. The number of hydrogen-bond donors (Lipinski definition) is 0. The Hall–Kier alpha value is 0.610. The van der Waals surface area contributed by atoms with Gasteiger partial charge in [0.15, 0.2) is 0 Å². The summed E-state index contributed by atoms with van der Waals surface area (Å²) < 4.78 is 7.93. The van der Waals surface area contributed by atoms with Crippen LogP contribution in [-0.4, -0.2) is 53.4 Å². The van der Waals surface area contributed by atoms with E-state index in [9.17, 15) is 0 Å². The minimum absolute atomic E-state index is 0.0193. The fourth-order valence-corrected chi connectivity index (χ4v) is 3.20. The van der Waals surface area contributed by atoms with Gasteiger partial charge < -0.3 is 9.64 Å². The Labute approximate surface area is 120 Å². The molecule has 0 aromatic rings. The Morgan fingerprint density at radius 1 is 1.06 bits per heavy atom. The molecule has 0 aromatic carbocycles. The van der Waals surface area contributed by atoms with Crippen LogP contribution in [0.1, 0.15) is 34.1 Å². The van der Waals surface area contributed by atoms with Crippen molar-refractivity contribution in [3.8, 4) is 0 Å². The lowest BCUT2D eigenvalue weighted by Crippen LogP contribution is -2.47. The molecular weight excluding hydrogens is 327 g/mol. The average Bonchev–Trinajstić information content (AvgIpc) is 2.20. The lowest BCUT2D eigenvalue weighted by atomic mass is 9.81. The van der Waals surface area contributed by atoms with Crippen LogP contribution in [0.15, 0.2) is 0 Å². The van der Waals surface area contributed by atoms with Gasteiger partial charge in [0.2, 0.25) is 0 Å². The third kappa shape index (κ3) is 5.85. The second-order valence-electron chi connectivity index (χ2n) is 6.49. The normalized spacial score (nSPS) is 20.8. The van der Waals surface area contributed by atoms with Crippen molar-refractivity contribution in [3.05, 3.63) is 0 Å². The SMILES string of the molecule is COC(C)(C)CC(C)(C)CN1CCN(I)CC1. The van der Waals surface area contributed by atoms with Crippen molar-refractivity contribution < 1.29 is 4.74 Å². The summed E-state index contributed by atoms with van der Waals surface area (Å²) >= 11 is 2.42. The maximum Gasteiger partial charge on any atom is 0.0628 e. The maximum atomic E-state index is 5.55. The summed E-state index contributed by atoms with van der Waals surface area (Å²) in [6, 6.07) is 0. The molecule has 0 unspecified atom stereocenters. The van der Waals surface area contributed by atoms with Crippen LogP contribution in [0.3, 0.4) is 0 Å². The third-order valence-electron chi connectivity index (χ3n) is 3.43. The first-order chi connectivity index (χ1) is 7.74. The number of methoxy groups -OCH3 is 1. The first-order valence-corrected chi connectivity index (χ1v) is 7.39. The Bertz CT molecular complexity index is 236. The number of rotatable bonds is 5. The van der Waals surface area contributed by atoms with Crippen molar-refractivity contribution in [1.29, 1.82) is 0 Å². The summed E-state index contributed by atoms with van der Waals surface area (Å²) in [7, 11) is 1.81. The molecule has 1 aliphatic rings. The standard InChI is InChI=1S/C13H27IN2O/c1-12(2,10-13(3,4)17-5)11-15-6-8-16(14)9-7-15/h6-11H2,1-5H3. The predicted octanol–water partition coefficient (Wildman–Crippen LogP) is 2.80. The highest BCUT2D eigenvalue weighted by Crippen LogP contribution is 2.31. The molecule has 4 heteroatoms. The highest BCUT2D eigenvalue weighted by Gasteiger charge is 2.31. The summed E-state index contributed by atoms with van der Waals surface area (Å²) in [4.78, 5) is 2.58. The number of piperazine rings is 1. The van der Waals surface area contributed by atoms with Crippen molar-refractivity contribution in [1.82, 2.24) is 8.01 Å². The van der Waals surface area contributed by atoms with Gasteiger partial charge in [-0.1, -0.05) is 13.8 Å². The molecule has 0 amide bonds. The number of hydrogen-bond acceptors (Lipinski definition) is 3. The molecule has 0 N–H and O–H groups in total. The van der Waals surface area contributed by atoms with Crippen LogP contribution < -0.4 is 0 Å². The minimum atomic E-state index is -0.0193. The van der Waals surface area contributed by atoms with Gasteiger partial charge in [-0.2, -0.15) is 0 Å². The van der Waals surface area contributed by atoms with Crippen molar-refractivity contribution in [2.75, 3.05) is 39.8 Å². The van der Waals surface area contributed by atoms with E-state index in [1.165, 1.54) is 32.7 Å². The lowest BCUT2D eigenvalue weighted by Gasteiger charge is -2.40.